The predicted molar refractivity (Wildman–Crippen MR) is 98.3 cm³/mol. The van der Waals surface area contributed by atoms with Crippen molar-refractivity contribution in [3.8, 4) is 0 Å². The molecule has 1 aliphatic rings. The van der Waals surface area contributed by atoms with Gasteiger partial charge < -0.3 is 9.80 Å². The molecule has 0 radical (unpaired) electrons. The third-order valence-electron chi connectivity index (χ3n) is 5.04. The Labute approximate surface area is 157 Å². The first kappa shape index (κ1) is 19.0. The SMILES string of the molecule is CC(C)(C(=O)N1CCN(C(=O)c2cc(F)ccc2F)CC1)c1ccccc1. The molecular weight excluding hydrogens is 350 g/mol. The normalized spacial score (nSPS) is 15.0. The summed E-state index contributed by atoms with van der Waals surface area (Å²) in [5.74, 6) is -1.97. The van der Waals surface area contributed by atoms with Gasteiger partial charge in [0.2, 0.25) is 5.91 Å². The van der Waals surface area contributed by atoms with E-state index in [0.717, 1.165) is 23.8 Å². The van der Waals surface area contributed by atoms with Gasteiger partial charge in [0, 0.05) is 26.2 Å². The van der Waals surface area contributed by atoms with E-state index >= 15 is 0 Å². The summed E-state index contributed by atoms with van der Waals surface area (Å²) in [7, 11) is 0. The molecule has 0 atom stereocenters. The zero-order valence-corrected chi connectivity index (χ0v) is 15.4. The summed E-state index contributed by atoms with van der Waals surface area (Å²) in [4.78, 5) is 28.6. The maximum absolute atomic E-state index is 13.8. The minimum Gasteiger partial charge on any atom is -0.338 e. The lowest BCUT2D eigenvalue weighted by Gasteiger charge is -2.38. The highest BCUT2D eigenvalue weighted by Crippen LogP contribution is 2.26. The van der Waals surface area contributed by atoms with Gasteiger partial charge in [-0.3, -0.25) is 9.59 Å². The van der Waals surface area contributed by atoms with Crippen molar-refractivity contribution in [1.82, 2.24) is 9.80 Å². The van der Waals surface area contributed by atoms with Crippen LogP contribution in [0.4, 0.5) is 8.78 Å². The number of carbonyl (C=O) groups is 2. The van der Waals surface area contributed by atoms with E-state index in [4.69, 9.17) is 0 Å². The van der Waals surface area contributed by atoms with Crippen molar-refractivity contribution < 1.29 is 18.4 Å². The van der Waals surface area contributed by atoms with E-state index in [0.29, 0.717) is 13.1 Å². The standard InChI is InChI=1S/C21H22F2N2O2/c1-21(2,15-6-4-3-5-7-15)20(27)25-12-10-24(11-13-25)19(26)17-14-16(22)8-9-18(17)23/h3-9,14H,10-13H2,1-2H3. The average Bonchev–Trinajstić information content (AvgIpc) is 2.69. The summed E-state index contributed by atoms with van der Waals surface area (Å²) in [5, 5.41) is 0. The van der Waals surface area contributed by atoms with Gasteiger partial charge in [-0.25, -0.2) is 8.78 Å². The molecule has 1 heterocycles. The Hall–Kier alpha value is -2.76. The Morgan fingerprint density at radius 1 is 0.889 bits per heavy atom. The van der Waals surface area contributed by atoms with Crippen LogP contribution in [0.1, 0.15) is 29.8 Å². The third kappa shape index (κ3) is 3.84. The lowest BCUT2D eigenvalue weighted by Crippen LogP contribution is -2.54. The molecule has 0 saturated carbocycles. The number of carbonyl (C=O) groups excluding carboxylic acids is 2. The monoisotopic (exact) mass is 372 g/mol. The summed E-state index contributed by atoms with van der Waals surface area (Å²) in [5.41, 5.74) is -0.0306. The first-order valence-corrected chi connectivity index (χ1v) is 8.90. The molecule has 2 aromatic carbocycles. The highest BCUT2D eigenvalue weighted by Gasteiger charge is 2.36. The lowest BCUT2D eigenvalue weighted by molar-refractivity contribution is -0.137. The minimum absolute atomic E-state index is 0.0160. The number of amides is 2. The molecule has 142 valence electrons. The van der Waals surface area contributed by atoms with Gasteiger partial charge in [-0.05, 0) is 37.6 Å². The molecule has 2 amide bonds. The maximum atomic E-state index is 13.8. The molecule has 0 N–H and O–H groups in total. The molecule has 1 saturated heterocycles. The zero-order chi connectivity index (χ0) is 19.6. The fraction of sp³-hybridized carbons (Fsp3) is 0.333. The van der Waals surface area contributed by atoms with Crippen molar-refractivity contribution in [2.75, 3.05) is 26.2 Å². The molecule has 27 heavy (non-hydrogen) atoms. The number of rotatable bonds is 3. The highest BCUT2D eigenvalue weighted by molar-refractivity contribution is 5.95. The van der Waals surface area contributed by atoms with Crippen molar-refractivity contribution in [1.29, 1.82) is 0 Å². The van der Waals surface area contributed by atoms with Gasteiger partial charge in [-0.1, -0.05) is 30.3 Å². The fourth-order valence-electron chi connectivity index (χ4n) is 3.32. The van der Waals surface area contributed by atoms with Gasteiger partial charge in [-0.2, -0.15) is 0 Å². The summed E-state index contributed by atoms with van der Waals surface area (Å²) in [6.45, 7) is 5.04. The van der Waals surface area contributed by atoms with E-state index in [1.165, 1.54) is 4.90 Å². The Bertz CT molecular complexity index is 845. The number of hydrogen-bond acceptors (Lipinski definition) is 2. The van der Waals surface area contributed by atoms with Crippen LogP contribution in [0.2, 0.25) is 0 Å². The van der Waals surface area contributed by atoms with Gasteiger partial charge in [0.15, 0.2) is 0 Å². The first-order valence-electron chi connectivity index (χ1n) is 8.90. The van der Waals surface area contributed by atoms with E-state index in [-0.39, 0.29) is 24.6 Å². The Kier molecular flexibility index (Phi) is 5.26. The highest BCUT2D eigenvalue weighted by atomic mass is 19.1. The Balaban J connectivity index is 1.67. The van der Waals surface area contributed by atoms with Crippen LogP contribution in [-0.4, -0.2) is 47.8 Å². The van der Waals surface area contributed by atoms with Gasteiger partial charge in [-0.15, -0.1) is 0 Å². The molecule has 0 bridgehead atoms. The van der Waals surface area contributed by atoms with Gasteiger partial charge >= 0.3 is 0 Å². The number of benzene rings is 2. The minimum atomic E-state index is -0.745. The predicted octanol–water partition coefficient (Wildman–Crippen LogP) is 3.23. The molecule has 0 spiro atoms. The zero-order valence-electron chi connectivity index (χ0n) is 15.4. The quantitative estimate of drug-likeness (QED) is 0.830. The van der Waals surface area contributed by atoms with Crippen LogP contribution in [0.25, 0.3) is 0 Å². The van der Waals surface area contributed by atoms with Crippen molar-refractivity contribution in [2.24, 2.45) is 0 Å². The van der Waals surface area contributed by atoms with Gasteiger partial charge in [0.25, 0.3) is 5.91 Å². The smallest absolute Gasteiger partial charge is 0.257 e. The molecular formula is C21H22F2N2O2. The van der Waals surface area contributed by atoms with E-state index in [9.17, 15) is 18.4 Å². The molecule has 0 aliphatic carbocycles. The maximum Gasteiger partial charge on any atom is 0.257 e. The van der Waals surface area contributed by atoms with Crippen molar-refractivity contribution >= 4 is 11.8 Å². The van der Waals surface area contributed by atoms with Crippen LogP contribution in [0.5, 0.6) is 0 Å². The number of nitrogens with zero attached hydrogens (tertiary/aromatic N) is 2. The van der Waals surface area contributed by atoms with Crippen molar-refractivity contribution in [3.63, 3.8) is 0 Å². The molecule has 4 nitrogen and oxygen atoms in total. The molecule has 1 fully saturated rings. The number of piperazine rings is 1. The van der Waals surface area contributed by atoms with Crippen LogP contribution < -0.4 is 0 Å². The van der Waals surface area contributed by atoms with Crippen LogP contribution in [-0.2, 0) is 10.2 Å². The first-order chi connectivity index (χ1) is 12.8. The van der Waals surface area contributed by atoms with Crippen LogP contribution in [0, 0.1) is 11.6 Å². The van der Waals surface area contributed by atoms with Crippen LogP contribution >= 0.6 is 0 Å². The summed E-state index contributed by atoms with van der Waals surface area (Å²) >= 11 is 0. The molecule has 0 aromatic heterocycles. The lowest BCUT2D eigenvalue weighted by atomic mass is 9.83. The average molecular weight is 372 g/mol. The van der Waals surface area contributed by atoms with E-state index in [1.807, 2.05) is 44.2 Å². The topological polar surface area (TPSA) is 40.6 Å². The second-order valence-corrected chi connectivity index (χ2v) is 7.20. The molecule has 3 rings (SSSR count). The summed E-state index contributed by atoms with van der Waals surface area (Å²) in [6, 6.07) is 12.4. The largest absolute Gasteiger partial charge is 0.338 e. The Morgan fingerprint density at radius 2 is 1.48 bits per heavy atom. The van der Waals surface area contributed by atoms with Gasteiger partial charge in [0.05, 0.1) is 11.0 Å². The number of halogens is 2. The van der Waals surface area contributed by atoms with Gasteiger partial charge in [0.1, 0.15) is 11.6 Å². The van der Waals surface area contributed by atoms with E-state index < -0.39 is 23.0 Å². The Morgan fingerprint density at radius 3 is 2.11 bits per heavy atom. The molecule has 1 aliphatic heterocycles. The van der Waals surface area contributed by atoms with Crippen molar-refractivity contribution in [3.05, 3.63) is 71.3 Å². The molecule has 0 unspecified atom stereocenters. The summed E-state index contributed by atoms with van der Waals surface area (Å²) in [6.07, 6.45) is 0. The number of hydrogen-bond donors (Lipinski definition) is 0. The van der Waals surface area contributed by atoms with Crippen LogP contribution in [0.3, 0.4) is 0 Å². The molecule has 2 aromatic rings. The van der Waals surface area contributed by atoms with E-state index in [1.54, 1.807) is 4.90 Å². The van der Waals surface area contributed by atoms with Crippen LogP contribution in [0.15, 0.2) is 48.5 Å². The summed E-state index contributed by atoms with van der Waals surface area (Å²) < 4.78 is 27.2. The molecule has 6 heteroatoms. The fourth-order valence-corrected chi connectivity index (χ4v) is 3.32. The van der Waals surface area contributed by atoms with Crippen molar-refractivity contribution in [2.45, 2.75) is 19.3 Å². The third-order valence-corrected chi connectivity index (χ3v) is 5.04. The second kappa shape index (κ2) is 7.47. The van der Waals surface area contributed by atoms with E-state index in [2.05, 4.69) is 0 Å². The second-order valence-electron chi connectivity index (χ2n) is 7.20.